The summed E-state index contributed by atoms with van der Waals surface area (Å²) in [4.78, 5) is 35.9. The van der Waals surface area contributed by atoms with Crippen LogP contribution in [0.5, 0.6) is 0 Å². The Morgan fingerprint density at radius 1 is 1.11 bits per heavy atom. The van der Waals surface area contributed by atoms with Crippen molar-refractivity contribution in [3.8, 4) is 0 Å². The molecular weight excluding hydrogens is 254 g/mol. The Bertz CT molecular complexity index is 590. The Morgan fingerprint density at radius 3 is 2.22 bits per heavy atom. The molecule has 0 aliphatic heterocycles. The van der Waals surface area contributed by atoms with E-state index in [1.165, 1.54) is 12.1 Å². The largest absolute Gasteiger partial charge is 0.330 e. The van der Waals surface area contributed by atoms with Gasteiger partial charge >= 0.3 is 0 Å². The fourth-order valence-electron chi connectivity index (χ4n) is 1.85. The molecule has 4 nitrogen and oxygen atoms in total. The van der Waals surface area contributed by atoms with E-state index in [9.17, 15) is 14.4 Å². The van der Waals surface area contributed by atoms with Gasteiger partial charge in [-0.15, -0.1) is 0 Å². The van der Waals surface area contributed by atoms with Crippen LogP contribution in [0.4, 0.5) is 0 Å². The Labute approximate surface area is 108 Å². The minimum atomic E-state index is -0.506. The highest BCUT2D eigenvalue weighted by Gasteiger charge is 2.34. The molecule has 1 aromatic carbocycles. The summed E-state index contributed by atoms with van der Waals surface area (Å²) in [6.45, 7) is 0.107. The van der Waals surface area contributed by atoms with E-state index in [1.807, 2.05) is 0 Å². The molecule has 0 heterocycles. The van der Waals surface area contributed by atoms with Gasteiger partial charge in [-0.2, -0.15) is 0 Å². The second-order valence-electron chi connectivity index (χ2n) is 3.85. The SMILES string of the molecule is NCCC(=O)C1=C(Cl)C(=O)c2ccccc2C1=O. The first-order valence-electron chi connectivity index (χ1n) is 5.39. The molecule has 0 aromatic heterocycles. The second kappa shape index (κ2) is 4.84. The monoisotopic (exact) mass is 263 g/mol. The minimum absolute atomic E-state index is 0.00720. The van der Waals surface area contributed by atoms with Crippen molar-refractivity contribution in [2.24, 2.45) is 5.73 Å². The molecule has 2 rings (SSSR count). The zero-order valence-electron chi connectivity index (χ0n) is 9.40. The first-order chi connectivity index (χ1) is 8.57. The van der Waals surface area contributed by atoms with E-state index in [2.05, 4.69) is 0 Å². The number of Topliss-reactive ketones (excluding diaryl/α,β-unsaturated/α-hetero) is 3. The van der Waals surface area contributed by atoms with Crippen LogP contribution in [0.3, 0.4) is 0 Å². The Balaban J connectivity index is 2.57. The van der Waals surface area contributed by atoms with Crippen LogP contribution in [-0.4, -0.2) is 23.9 Å². The van der Waals surface area contributed by atoms with Gasteiger partial charge in [0.15, 0.2) is 11.6 Å². The van der Waals surface area contributed by atoms with Crippen LogP contribution < -0.4 is 5.73 Å². The molecule has 0 radical (unpaired) electrons. The number of carbonyl (C=O) groups is 3. The fraction of sp³-hybridized carbons (Fsp3) is 0.154. The van der Waals surface area contributed by atoms with Gasteiger partial charge in [0.1, 0.15) is 5.03 Å². The molecule has 92 valence electrons. The molecule has 0 atom stereocenters. The zero-order chi connectivity index (χ0) is 13.3. The minimum Gasteiger partial charge on any atom is -0.330 e. The normalized spacial score (nSPS) is 14.8. The maximum atomic E-state index is 12.1. The van der Waals surface area contributed by atoms with Crippen LogP contribution >= 0.6 is 11.6 Å². The number of allylic oxidation sites excluding steroid dienone is 2. The number of benzene rings is 1. The quantitative estimate of drug-likeness (QED) is 0.838. The van der Waals surface area contributed by atoms with Crippen LogP contribution in [0.2, 0.25) is 0 Å². The van der Waals surface area contributed by atoms with Gasteiger partial charge in [0.05, 0.1) is 5.57 Å². The first kappa shape index (κ1) is 12.7. The Hall–Kier alpha value is -1.78. The molecular formula is C13H10ClNO3. The molecule has 1 aliphatic rings. The number of carbonyl (C=O) groups excluding carboxylic acids is 3. The van der Waals surface area contributed by atoms with Gasteiger partial charge in [-0.3, -0.25) is 14.4 Å². The van der Waals surface area contributed by atoms with Crippen molar-refractivity contribution in [2.75, 3.05) is 6.54 Å². The third kappa shape index (κ3) is 1.89. The van der Waals surface area contributed by atoms with E-state index in [1.54, 1.807) is 12.1 Å². The molecule has 1 aliphatic carbocycles. The van der Waals surface area contributed by atoms with Gasteiger partial charge in [0, 0.05) is 17.5 Å². The lowest BCUT2D eigenvalue weighted by atomic mass is 9.87. The lowest BCUT2D eigenvalue weighted by molar-refractivity contribution is -0.115. The van der Waals surface area contributed by atoms with Crippen LogP contribution in [0.25, 0.3) is 0 Å². The van der Waals surface area contributed by atoms with Crippen molar-refractivity contribution in [2.45, 2.75) is 6.42 Å². The van der Waals surface area contributed by atoms with Gasteiger partial charge < -0.3 is 5.73 Å². The van der Waals surface area contributed by atoms with Crippen LogP contribution in [0.15, 0.2) is 34.9 Å². The number of hydrogen-bond acceptors (Lipinski definition) is 4. The van der Waals surface area contributed by atoms with E-state index >= 15 is 0 Å². The smallest absolute Gasteiger partial charge is 0.205 e. The first-order valence-corrected chi connectivity index (χ1v) is 5.77. The summed E-state index contributed by atoms with van der Waals surface area (Å²) < 4.78 is 0. The summed E-state index contributed by atoms with van der Waals surface area (Å²) in [6.07, 6.45) is -0.00720. The third-order valence-electron chi connectivity index (χ3n) is 2.71. The Morgan fingerprint density at radius 2 is 1.67 bits per heavy atom. The zero-order valence-corrected chi connectivity index (χ0v) is 10.2. The van der Waals surface area contributed by atoms with Crippen LogP contribution in [0.1, 0.15) is 27.1 Å². The standard InChI is InChI=1S/C13H10ClNO3/c14-11-10(9(16)5-6-15)12(17)7-3-1-2-4-8(7)13(11)18/h1-4H,5-6,15H2. The van der Waals surface area contributed by atoms with Gasteiger partial charge in [0.2, 0.25) is 5.78 Å². The number of fused-ring (bicyclic) bond motifs is 1. The number of nitrogens with two attached hydrogens (primary N) is 1. The predicted octanol–water partition coefficient (Wildman–Crippen LogP) is 1.48. The lowest BCUT2D eigenvalue weighted by Crippen LogP contribution is -2.25. The van der Waals surface area contributed by atoms with Crippen molar-refractivity contribution in [1.29, 1.82) is 0 Å². The third-order valence-corrected chi connectivity index (χ3v) is 3.07. The van der Waals surface area contributed by atoms with Gasteiger partial charge in [-0.05, 0) is 6.54 Å². The number of rotatable bonds is 3. The summed E-state index contributed by atoms with van der Waals surface area (Å²) in [5.41, 5.74) is 5.48. The summed E-state index contributed by atoms with van der Waals surface area (Å²) >= 11 is 5.83. The molecule has 5 heteroatoms. The molecule has 0 unspecified atom stereocenters. The van der Waals surface area contributed by atoms with E-state index in [0.29, 0.717) is 0 Å². The lowest BCUT2D eigenvalue weighted by Gasteiger charge is -2.16. The maximum absolute atomic E-state index is 12.1. The van der Waals surface area contributed by atoms with Crippen LogP contribution in [-0.2, 0) is 4.79 Å². The summed E-state index contributed by atoms with van der Waals surface area (Å²) in [7, 11) is 0. The molecule has 2 N–H and O–H groups in total. The van der Waals surface area contributed by atoms with Crippen molar-refractivity contribution in [1.82, 2.24) is 0 Å². The van der Waals surface area contributed by atoms with Gasteiger partial charge in [-0.1, -0.05) is 35.9 Å². The fourth-order valence-corrected chi connectivity index (χ4v) is 2.14. The summed E-state index contributed by atoms with van der Waals surface area (Å²) in [5, 5.41) is -0.308. The van der Waals surface area contributed by atoms with E-state index in [0.717, 1.165) is 0 Å². The average molecular weight is 264 g/mol. The average Bonchev–Trinajstić information content (AvgIpc) is 2.37. The topological polar surface area (TPSA) is 77.2 Å². The van der Waals surface area contributed by atoms with Crippen molar-refractivity contribution >= 4 is 29.0 Å². The summed E-state index contributed by atoms with van der Waals surface area (Å²) in [6, 6.07) is 6.30. The molecule has 0 saturated carbocycles. The van der Waals surface area contributed by atoms with Crippen molar-refractivity contribution < 1.29 is 14.4 Å². The predicted molar refractivity (Wildman–Crippen MR) is 66.7 cm³/mol. The number of hydrogen-bond donors (Lipinski definition) is 1. The van der Waals surface area contributed by atoms with E-state index < -0.39 is 17.3 Å². The van der Waals surface area contributed by atoms with Crippen molar-refractivity contribution in [3.63, 3.8) is 0 Å². The molecule has 0 fully saturated rings. The molecule has 0 bridgehead atoms. The van der Waals surface area contributed by atoms with Crippen LogP contribution in [0, 0.1) is 0 Å². The van der Waals surface area contributed by atoms with Gasteiger partial charge in [0.25, 0.3) is 0 Å². The second-order valence-corrected chi connectivity index (χ2v) is 4.23. The highest BCUT2D eigenvalue weighted by Crippen LogP contribution is 2.29. The summed E-state index contributed by atoms with van der Waals surface area (Å²) in [5.74, 6) is -1.49. The Kier molecular flexibility index (Phi) is 3.41. The van der Waals surface area contributed by atoms with E-state index in [-0.39, 0.29) is 34.7 Å². The van der Waals surface area contributed by atoms with Gasteiger partial charge in [-0.25, -0.2) is 0 Å². The van der Waals surface area contributed by atoms with E-state index in [4.69, 9.17) is 17.3 Å². The van der Waals surface area contributed by atoms with Crippen molar-refractivity contribution in [3.05, 3.63) is 46.0 Å². The molecule has 0 saturated heterocycles. The maximum Gasteiger partial charge on any atom is 0.205 e. The number of halogens is 1. The highest BCUT2D eigenvalue weighted by atomic mass is 35.5. The molecule has 0 spiro atoms. The molecule has 18 heavy (non-hydrogen) atoms. The molecule has 1 aromatic rings. The highest BCUT2D eigenvalue weighted by molar-refractivity contribution is 6.53. The molecule has 0 amide bonds. The number of ketones is 3.